The lowest BCUT2D eigenvalue weighted by molar-refractivity contribution is -0.0399. The van der Waals surface area contributed by atoms with E-state index in [1.165, 1.54) is 5.56 Å². The van der Waals surface area contributed by atoms with Gasteiger partial charge in [0.2, 0.25) is 0 Å². The molecule has 8 heteroatoms. The number of rotatable bonds is 5. The van der Waals surface area contributed by atoms with Crippen LogP contribution in [-0.4, -0.2) is 55.7 Å². The predicted octanol–water partition coefficient (Wildman–Crippen LogP) is 2.65. The van der Waals surface area contributed by atoms with Gasteiger partial charge in [-0.05, 0) is 18.4 Å². The van der Waals surface area contributed by atoms with Crippen LogP contribution in [0.4, 0.5) is 0 Å². The molecule has 3 aromatic rings. The molecule has 0 N–H and O–H groups in total. The first-order valence-electron chi connectivity index (χ1n) is 9.41. The molecule has 2 fully saturated rings. The topological polar surface area (TPSA) is 69.0 Å². The van der Waals surface area contributed by atoms with Gasteiger partial charge in [-0.1, -0.05) is 47.1 Å². The Morgan fingerprint density at radius 2 is 2.00 bits per heavy atom. The third-order valence-electron chi connectivity index (χ3n) is 5.13. The van der Waals surface area contributed by atoms with E-state index in [0.29, 0.717) is 35.4 Å². The number of fused-ring (bicyclic) bond motifs is 1. The maximum Gasteiger partial charge on any atom is 0.183 e. The highest BCUT2D eigenvalue weighted by molar-refractivity contribution is 6.33. The molecular weight excluding hydrogens is 364 g/mol. The van der Waals surface area contributed by atoms with E-state index in [1.54, 1.807) is 0 Å². The highest BCUT2D eigenvalue weighted by Crippen LogP contribution is 2.39. The average Bonchev–Trinajstić information content (AvgIpc) is 3.45. The molecule has 0 amide bonds. The van der Waals surface area contributed by atoms with Gasteiger partial charge in [-0.25, -0.2) is 14.6 Å². The smallest absolute Gasteiger partial charge is 0.183 e. The molecule has 1 aliphatic heterocycles. The van der Waals surface area contributed by atoms with Crippen LogP contribution < -0.4 is 0 Å². The van der Waals surface area contributed by atoms with Crippen molar-refractivity contribution in [2.45, 2.75) is 38.0 Å². The summed E-state index contributed by atoms with van der Waals surface area (Å²) in [6.07, 6.45) is 2.30. The Bertz CT molecular complexity index is 942. The molecule has 5 rings (SSSR count). The Labute approximate surface area is 162 Å². The Balaban J connectivity index is 1.32. The van der Waals surface area contributed by atoms with Crippen molar-refractivity contribution in [1.82, 2.24) is 29.9 Å². The normalized spacial score (nSPS) is 21.0. The molecule has 140 valence electrons. The van der Waals surface area contributed by atoms with Crippen LogP contribution in [0.1, 0.15) is 30.1 Å². The summed E-state index contributed by atoms with van der Waals surface area (Å²) >= 11 is 6.30. The van der Waals surface area contributed by atoms with Crippen LogP contribution in [0, 0.1) is 0 Å². The number of hydrogen-bond acceptors (Lipinski definition) is 6. The number of hydrogen-bond donors (Lipinski definition) is 0. The van der Waals surface area contributed by atoms with Crippen LogP contribution in [-0.2, 0) is 17.8 Å². The molecule has 7 nitrogen and oxygen atoms in total. The zero-order chi connectivity index (χ0) is 18.2. The van der Waals surface area contributed by atoms with Gasteiger partial charge in [0.1, 0.15) is 5.82 Å². The van der Waals surface area contributed by atoms with Crippen molar-refractivity contribution < 1.29 is 4.74 Å². The lowest BCUT2D eigenvalue weighted by atomic mass is 10.2. The summed E-state index contributed by atoms with van der Waals surface area (Å²) in [6.45, 7) is 4.04. The third kappa shape index (κ3) is 3.67. The van der Waals surface area contributed by atoms with Gasteiger partial charge in [0, 0.05) is 25.6 Å². The number of halogens is 1. The summed E-state index contributed by atoms with van der Waals surface area (Å²) in [5.74, 6) is 1.24. The molecule has 0 bridgehead atoms. The minimum Gasteiger partial charge on any atom is -0.374 e. The molecule has 1 saturated carbocycles. The van der Waals surface area contributed by atoms with E-state index >= 15 is 0 Å². The molecule has 1 atom stereocenters. The van der Waals surface area contributed by atoms with E-state index in [1.807, 2.05) is 10.7 Å². The predicted molar refractivity (Wildman–Crippen MR) is 102 cm³/mol. The number of ether oxygens (including phenoxy) is 1. The highest BCUT2D eigenvalue weighted by atomic mass is 35.5. The van der Waals surface area contributed by atoms with Crippen LogP contribution in [0.25, 0.3) is 11.2 Å². The van der Waals surface area contributed by atoms with Crippen molar-refractivity contribution in [3.05, 3.63) is 46.9 Å². The SMILES string of the molecule is Clc1nc(C2CC2)nc2c1nnn2CC1CN(Cc2ccccc2)CCO1. The number of morpholine rings is 1. The standard InChI is InChI=1S/C19H21ClN6O/c20-17-16-19(22-18(21-17)14-6-7-14)26(24-23-16)12-15-11-25(8-9-27-15)10-13-4-2-1-3-5-13/h1-5,14-15H,6-12H2. The summed E-state index contributed by atoms with van der Waals surface area (Å²) in [5.41, 5.74) is 2.59. The van der Waals surface area contributed by atoms with Crippen LogP contribution >= 0.6 is 11.6 Å². The van der Waals surface area contributed by atoms with Gasteiger partial charge in [-0.15, -0.1) is 5.10 Å². The molecule has 1 aliphatic carbocycles. The van der Waals surface area contributed by atoms with Gasteiger partial charge >= 0.3 is 0 Å². The summed E-state index contributed by atoms with van der Waals surface area (Å²) in [7, 11) is 0. The van der Waals surface area contributed by atoms with E-state index in [4.69, 9.17) is 16.3 Å². The fourth-order valence-electron chi connectivity index (χ4n) is 3.56. The fourth-order valence-corrected chi connectivity index (χ4v) is 3.76. The van der Waals surface area contributed by atoms with Crippen LogP contribution in [0.5, 0.6) is 0 Å². The molecule has 0 radical (unpaired) electrons. The van der Waals surface area contributed by atoms with Crippen molar-refractivity contribution in [3.8, 4) is 0 Å². The molecule has 0 spiro atoms. The Morgan fingerprint density at radius 3 is 2.81 bits per heavy atom. The minimum atomic E-state index is 0.0467. The zero-order valence-electron chi connectivity index (χ0n) is 15.0. The zero-order valence-corrected chi connectivity index (χ0v) is 15.7. The second-order valence-electron chi connectivity index (χ2n) is 7.30. The number of nitrogens with zero attached hydrogens (tertiary/aromatic N) is 6. The lowest BCUT2D eigenvalue weighted by Crippen LogP contribution is -2.43. The van der Waals surface area contributed by atoms with E-state index < -0.39 is 0 Å². The van der Waals surface area contributed by atoms with Crippen molar-refractivity contribution in [2.75, 3.05) is 19.7 Å². The van der Waals surface area contributed by atoms with Crippen molar-refractivity contribution in [2.24, 2.45) is 0 Å². The van der Waals surface area contributed by atoms with E-state index in [2.05, 4.69) is 49.4 Å². The molecule has 1 unspecified atom stereocenters. The molecule has 3 heterocycles. The van der Waals surface area contributed by atoms with Gasteiger partial charge in [-0.2, -0.15) is 0 Å². The van der Waals surface area contributed by atoms with Crippen LogP contribution in [0.2, 0.25) is 5.15 Å². The first-order chi connectivity index (χ1) is 13.3. The van der Waals surface area contributed by atoms with Gasteiger partial charge in [-0.3, -0.25) is 4.90 Å². The molecule has 2 aliphatic rings. The summed E-state index contributed by atoms with van der Waals surface area (Å²) in [4.78, 5) is 11.5. The van der Waals surface area contributed by atoms with E-state index in [-0.39, 0.29) is 6.10 Å². The monoisotopic (exact) mass is 384 g/mol. The van der Waals surface area contributed by atoms with Crippen molar-refractivity contribution >= 4 is 22.8 Å². The van der Waals surface area contributed by atoms with Crippen LogP contribution in [0.15, 0.2) is 30.3 Å². The first kappa shape index (κ1) is 17.0. The molecule has 2 aromatic heterocycles. The Hall–Kier alpha value is -2.09. The molecule has 1 aromatic carbocycles. The van der Waals surface area contributed by atoms with Gasteiger partial charge < -0.3 is 4.74 Å². The van der Waals surface area contributed by atoms with E-state index in [0.717, 1.165) is 38.3 Å². The Morgan fingerprint density at radius 1 is 1.15 bits per heavy atom. The maximum atomic E-state index is 6.30. The quantitative estimate of drug-likeness (QED) is 0.630. The summed E-state index contributed by atoms with van der Waals surface area (Å²) in [5, 5.41) is 8.83. The van der Waals surface area contributed by atoms with Gasteiger partial charge in [0.05, 0.1) is 19.3 Å². The fraction of sp³-hybridized carbons (Fsp3) is 0.474. The molecule has 27 heavy (non-hydrogen) atoms. The maximum absolute atomic E-state index is 6.30. The van der Waals surface area contributed by atoms with Gasteiger partial charge in [0.25, 0.3) is 0 Å². The molecule has 1 saturated heterocycles. The van der Waals surface area contributed by atoms with Gasteiger partial charge in [0.15, 0.2) is 16.3 Å². The van der Waals surface area contributed by atoms with E-state index in [9.17, 15) is 0 Å². The lowest BCUT2D eigenvalue weighted by Gasteiger charge is -2.32. The number of benzene rings is 1. The average molecular weight is 385 g/mol. The minimum absolute atomic E-state index is 0.0467. The summed E-state index contributed by atoms with van der Waals surface area (Å²) in [6, 6.07) is 10.5. The number of aromatic nitrogens is 5. The Kier molecular flexibility index (Phi) is 4.51. The largest absolute Gasteiger partial charge is 0.374 e. The second kappa shape index (κ2) is 7.14. The summed E-state index contributed by atoms with van der Waals surface area (Å²) < 4.78 is 7.79. The highest BCUT2D eigenvalue weighted by Gasteiger charge is 2.29. The second-order valence-corrected chi connectivity index (χ2v) is 7.66. The first-order valence-corrected chi connectivity index (χ1v) is 9.78. The van der Waals surface area contributed by atoms with Crippen LogP contribution in [0.3, 0.4) is 0 Å². The van der Waals surface area contributed by atoms with Crippen molar-refractivity contribution in [3.63, 3.8) is 0 Å². The molecular formula is C19H21ClN6O. The van der Waals surface area contributed by atoms with Crippen molar-refractivity contribution in [1.29, 1.82) is 0 Å². The third-order valence-corrected chi connectivity index (χ3v) is 5.39.